The Morgan fingerprint density at radius 3 is 2.21 bits per heavy atom. The van der Waals surface area contributed by atoms with Crippen LogP contribution in [-0.4, -0.2) is 80.1 Å². The van der Waals surface area contributed by atoms with E-state index in [1.807, 2.05) is 6.07 Å². The van der Waals surface area contributed by atoms with Gasteiger partial charge >= 0.3 is 0 Å². The number of nitrogens with one attached hydrogen (secondary N) is 2. The van der Waals surface area contributed by atoms with Crippen molar-refractivity contribution >= 4 is 29.1 Å². The second-order valence-corrected chi connectivity index (χ2v) is 10.9. The number of piperazine rings is 1. The Hall–Kier alpha value is -4.64. The molecule has 0 bridgehead atoms. The summed E-state index contributed by atoms with van der Waals surface area (Å²) >= 11 is 0. The van der Waals surface area contributed by atoms with E-state index in [-0.39, 0.29) is 29.8 Å². The lowest BCUT2D eigenvalue weighted by Crippen LogP contribution is -2.49. The maximum absolute atomic E-state index is 13.4. The molecule has 11 heteroatoms. The molecule has 1 saturated heterocycles. The summed E-state index contributed by atoms with van der Waals surface area (Å²) in [7, 11) is 3.05. The van der Waals surface area contributed by atoms with Gasteiger partial charge in [-0.3, -0.25) is 19.4 Å². The third-order valence-corrected chi connectivity index (χ3v) is 8.08. The fraction of sp³-hybridized carbons (Fsp3) is 0.375. The summed E-state index contributed by atoms with van der Waals surface area (Å²) in [5, 5.41) is 6.14. The third-order valence-electron chi connectivity index (χ3n) is 8.08. The van der Waals surface area contributed by atoms with Crippen LogP contribution < -0.4 is 30.7 Å². The summed E-state index contributed by atoms with van der Waals surface area (Å²) < 4.78 is 10.7. The predicted molar refractivity (Wildman–Crippen MR) is 164 cm³/mol. The molecular weight excluding hydrogens is 548 g/mol. The molecule has 226 valence electrons. The Morgan fingerprint density at radius 1 is 0.837 bits per heavy atom. The van der Waals surface area contributed by atoms with Crippen LogP contribution in [-0.2, 0) is 0 Å². The maximum Gasteiger partial charge on any atom is 0.255 e. The first kappa shape index (κ1) is 29.8. The molecule has 3 amide bonds. The van der Waals surface area contributed by atoms with Gasteiger partial charge in [0.15, 0.2) is 11.5 Å². The van der Waals surface area contributed by atoms with E-state index in [1.54, 1.807) is 59.8 Å². The zero-order chi connectivity index (χ0) is 30.3. The summed E-state index contributed by atoms with van der Waals surface area (Å²) in [6.45, 7) is 2.11. The van der Waals surface area contributed by atoms with E-state index >= 15 is 0 Å². The minimum atomic E-state index is -0.355. The monoisotopic (exact) mass is 586 g/mol. The number of nitrogens with zero attached hydrogens (tertiary/aromatic N) is 3. The van der Waals surface area contributed by atoms with Crippen molar-refractivity contribution in [3.63, 3.8) is 0 Å². The van der Waals surface area contributed by atoms with E-state index in [2.05, 4.69) is 20.5 Å². The van der Waals surface area contributed by atoms with Gasteiger partial charge in [0.25, 0.3) is 17.7 Å². The number of carbonyl (C=O) groups excluding carboxylic acids is 3. The Balaban J connectivity index is 1.36. The van der Waals surface area contributed by atoms with Crippen LogP contribution in [0.15, 0.2) is 60.9 Å². The highest BCUT2D eigenvalue weighted by atomic mass is 16.5. The molecule has 1 aliphatic heterocycles. The Labute approximate surface area is 251 Å². The zero-order valence-electron chi connectivity index (χ0n) is 24.5. The number of hydrogen-bond donors (Lipinski definition) is 3. The van der Waals surface area contributed by atoms with E-state index in [0.29, 0.717) is 60.1 Å². The molecule has 0 atom stereocenters. The average molecular weight is 587 g/mol. The van der Waals surface area contributed by atoms with Crippen molar-refractivity contribution in [1.82, 2.24) is 15.2 Å². The van der Waals surface area contributed by atoms with Crippen molar-refractivity contribution in [2.45, 2.75) is 37.8 Å². The first-order valence-electron chi connectivity index (χ1n) is 14.5. The van der Waals surface area contributed by atoms with Crippen LogP contribution in [0.25, 0.3) is 0 Å². The Bertz CT molecular complexity index is 1450. The number of nitrogens with two attached hydrogens (primary N) is 1. The van der Waals surface area contributed by atoms with Crippen molar-refractivity contribution in [3.8, 4) is 11.5 Å². The van der Waals surface area contributed by atoms with Crippen LogP contribution in [0.3, 0.4) is 0 Å². The molecule has 4 N–H and O–H groups in total. The standard InChI is InChI=1S/C32H38N6O5/c1-42-28-12-6-22(19-29(28)43-2)31(40)36-26-18-21(30(39)35-25-9-7-24(33)8-10-25)5-11-27(26)37-14-16-38(17-15-37)32(41)23-4-3-13-34-20-23/h3-6,11-13,18-20,24-25H,7-10,14-17,33H2,1-2H3,(H,35,39)(H,36,40). The number of pyridine rings is 1. The highest BCUT2D eigenvalue weighted by Crippen LogP contribution is 2.31. The van der Waals surface area contributed by atoms with Crippen LogP contribution in [0.1, 0.15) is 56.8 Å². The zero-order valence-corrected chi connectivity index (χ0v) is 24.5. The molecule has 5 rings (SSSR count). The molecule has 2 aliphatic rings. The van der Waals surface area contributed by atoms with Crippen molar-refractivity contribution in [2.75, 3.05) is 50.6 Å². The molecule has 2 fully saturated rings. The number of hydrogen-bond acceptors (Lipinski definition) is 8. The number of amides is 3. The van der Waals surface area contributed by atoms with Crippen LogP contribution in [0, 0.1) is 0 Å². The number of aromatic nitrogens is 1. The van der Waals surface area contributed by atoms with Gasteiger partial charge < -0.3 is 35.6 Å². The van der Waals surface area contributed by atoms with E-state index < -0.39 is 0 Å². The first-order chi connectivity index (χ1) is 20.9. The van der Waals surface area contributed by atoms with Gasteiger partial charge in [0, 0.05) is 61.8 Å². The lowest BCUT2D eigenvalue weighted by atomic mass is 9.91. The van der Waals surface area contributed by atoms with E-state index in [1.165, 1.54) is 14.2 Å². The molecule has 2 heterocycles. The summed E-state index contributed by atoms with van der Waals surface area (Å²) in [5.41, 5.74) is 8.68. The summed E-state index contributed by atoms with van der Waals surface area (Å²) in [4.78, 5) is 47.6. The molecule has 3 aromatic rings. The van der Waals surface area contributed by atoms with Crippen molar-refractivity contribution in [1.29, 1.82) is 0 Å². The Kier molecular flexibility index (Phi) is 9.41. The second-order valence-electron chi connectivity index (χ2n) is 10.9. The summed E-state index contributed by atoms with van der Waals surface area (Å²) in [6.07, 6.45) is 6.66. The number of carbonyl (C=O) groups is 3. The number of benzene rings is 2. The van der Waals surface area contributed by atoms with Gasteiger partial charge in [-0.15, -0.1) is 0 Å². The number of rotatable bonds is 8. The molecule has 43 heavy (non-hydrogen) atoms. The Morgan fingerprint density at radius 2 is 1.53 bits per heavy atom. The molecule has 0 radical (unpaired) electrons. The van der Waals surface area contributed by atoms with Gasteiger partial charge in [0.05, 0.1) is 31.2 Å². The molecule has 11 nitrogen and oxygen atoms in total. The third kappa shape index (κ3) is 7.06. The van der Waals surface area contributed by atoms with Crippen molar-refractivity contribution < 1.29 is 23.9 Å². The summed E-state index contributed by atoms with van der Waals surface area (Å²) in [5.74, 6) is 0.336. The summed E-state index contributed by atoms with van der Waals surface area (Å²) in [6, 6.07) is 14.1. The number of methoxy groups -OCH3 is 2. The first-order valence-corrected chi connectivity index (χ1v) is 14.5. The van der Waals surface area contributed by atoms with Crippen molar-refractivity contribution in [2.24, 2.45) is 5.73 Å². The van der Waals surface area contributed by atoms with Crippen LogP contribution in [0.2, 0.25) is 0 Å². The van der Waals surface area contributed by atoms with Crippen molar-refractivity contribution in [3.05, 3.63) is 77.6 Å². The van der Waals surface area contributed by atoms with Crippen LogP contribution >= 0.6 is 0 Å². The van der Waals surface area contributed by atoms with Crippen LogP contribution in [0.5, 0.6) is 11.5 Å². The van der Waals surface area contributed by atoms with E-state index in [0.717, 1.165) is 31.4 Å². The van der Waals surface area contributed by atoms with Gasteiger partial charge in [-0.05, 0) is 74.2 Å². The molecule has 1 aromatic heterocycles. The fourth-order valence-corrected chi connectivity index (χ4v) is 5.58. The average Bonchev–Trinajstić information content (AvgIpc) is 3.05. The van der Waals surface area contributed by atoms with Gasteiger partial charge in [-0.1, -0.05) is 0 Å². The molecule has 2 aromatic carbocycles. The van der Waals surface area contributed by atoms with Gasteiger partial charge in [-0.25, -0.2) is 0 Å². The van der Waals surface area contributed by atoms with E-state index in [4.69, 9.17) is 15.2 Å². The lowest BCUT2D eigenvalue weighted by molar-refractivity contribution is 0.0746. The second kappa shape index (κ2) is 13.6. The largest absolute Gasteiger partial charge is 0.493 e. The number of ether oxygens (including phenoxy) is 2. The van der Waals surface area contributed by atoms with Gasteiger partial charge in [0.2, 0.25) is 0 Å². The highest BCUT2D eigenvalue weighted by molar-refractivity contribution is 6.07. The smallest absolute Gasteiger partial charge is 0.255 e. The molecular formula is C32H38N6O5. The fourth-order valence-electron chi connectivity index (χ4n) is 5.58. The lowest BCUT2D eigenvalue weighted by Gasteiger charge is -2.37. The number of anilines is 2. The molecule has 0 unspecified atom stereocenters. The van der Waals surface area contributed by atoms with Gasteiger partial charge in [0.1, 0.15) is 0 Å². The quantitative estimate of drug-likeness (QED) is 0.366. The molecule has 0 spiro atoms. The SMILES string of the molecule is COc1ccc(C(=O)Nc2cc(C(=O)NC3CCC(N)CC3)ccc2N2CCN(C(=O)c3cccnc3)CC2)cc1OC. The van der Waals surface area contributed by atoms with E-state index in [9.17, 15) is 14.4 Å². The minimum absolute atomic E-state index is 0.0644. The maximum atomic E-state index is 13.4. The normalized spacial score (nSPS) is 18.5. The molecule has 1 aliphatic carbocycles. The minimum Gasteiger partial charge on any atom is -0.493 e. The van der Waals surface area contributed by atoms with Crippen LogP contribution in [0.4, 0.5) is 11.4 Å². The van der Waals surface area contributed by atoms with Gasteiger partial charge in [-0.2, -0.15) is 0 Å². The highest BCUT2D eigenvalue weighted by Gasteiger charge is 2.26. The molecule has 1 saturated carbocycles. The predicted octanol–water partition coefficient (Wildman–Crippen LogP) is 3.31. The topological polar surface area (TPSA) is 139 Å².